The van der Waals surface area contributed by atoms with Gasteiger partial charge in [0.15, 0.2) is 0 Å². The minimum absolute atomic E-state index is 0.481. The van der Waals surface area contributed by atoms with Gasteiger partial charge < -0.3 is 18.9 Å². The van der Waals surface area contributed by atoms with Crippen molar-refractivity contribution in [2.24, 2.45) is 0 Å². The van der Waals surface area contributed by atoms with Gasteiger partial charge in [-0.25, -0.2) is 0 Å². The number of fused-ring (bicyclic) bond motifs is 2. The van der Waals surface area contributed by atoms with Crippen molar-refractivity contribution in [2.45, 2.75) is 19.9 Å². The minimum atomic E-state index is 0.481. The van der Waals surface area contributed by atoms with Gasteiger partial charge in [0.2, 0.25) is 0 Å². The maximum absolute atomic E-state index is 8.58. The molecule has 4 aromatic rings. The number of nitrogens with one attached hydrogen (secondary N) is 2. The average Bonchev–Trinajstić information content (AvgIpc) is 3.04. The molecule has 1 aliphatic rings. The lowest BCUT2D eigenvalue weighted by Crippen LogP contribution is -2.33. The molecule has 0 atom stereocenters. The first-order chi connectivity index (χ1) is 20.7. The second kappa shape index (κ2) is 15.7. The van der Waals surface area contributed by atoms with Crippen molar-refractivity contribution in [2.75, 3.05) is 65.9 Å². The van der Waals surface area contributed by atoms with Gasteiger partial charge in [-0.15, -0.1) is 0 Å². The van der Waals surface area contributed by atoms with Crippen molar-refractivity contribution in [1.29, 1.82) is 10.3 Å². The van der Waals surface area contributed by atoms with E-state index in [1.165, 1.54) is 27.5 Å². The van der Waals surface area contributed by atoms with E-state index in [4.69, 9.17) is 29.3 Å². The Balaban J connectivity index is 1.64. The molecule has 0 saturated carbocycles. The highest BCUT2D eigenvalue weighted by Crippen LogP contribution is 2.40. The number of benzene rings is 4. The Morgan fingerprint density at radius 2 is 1.05 bits per heavy atom. The van der Waals surface area contributed by atoms with Gasteiger partial charge >= 0.3 is 0 Å². The molecule has 1 saturated heterocycles. The Bertz CT molecular complexity index is 1510. The maximum atomic E-state index is 8.58. The van der Waals surface area contributed by atoms with E-state index in [0.29, 0.717) is 76.1 Å². The standard InChI is InChI=1S/C33H39N3O4P2/c1-2-26-30(41-34)21-24-7-3-5-9-27(24)32(26)33-28-10-6-4-8-25(28)22-31(42-35)29(33)23-36-11-13-37-15-17-39-19-20-40-18-16-38-14-12-36/h3-10,21-22,34-35H,2,11-20,23H2,1H3. The first-order valence-electron chi connectivity index (χ1n) is 14.6. The molecule has 5 rings (SSSR count). The Morgan fingerprint density at radius 3 is 1.52 bits per heavy atom. The highest BCUT2D eigenvalue weighted by Gasteiger charge is 2.22. The van der Waals surface area contributed by atoms with Crippen molar-refractivity contribution < 1.29 is 18.9 Å². The zero-order chi connectivity index (χ0) is 29.1. The fourth-order valence-corrected chi connectivity index (χ4v) is 6.81. The predicted molar refractivity (Wildman–Crippen MR) is 173 cm³/mol. The summed E-state index contributed by atoms with van der Waals surface area (Å²) in [4.78, 5) is 2.38. The number of hydrogen-bond acceptors (Lipinski definition) is 7. The van der Waals surface area contributed by atoms with Gasteiger partial charge in [0.05, 0.1) is 52.9 Å². The van der Waals surface area contributed by atoms with Gasteiger partial charge in [0, 0.05) is 47.0 Å². The van der Waals surface area contributed by atoms with Gasteiger partial charge in [-0.2, -0.15) is 0 Å². The molecule has 0 radical (unpaired) electrons. The van der Waals surface area contributed by atoms with Crippen molar-refractivity contribution in [3.63, 3.8) is 0 Å². The Kier molecular flexibility index (Phi) is 11.6. The van der Waals surface area contributed by atoms with Crippen LogP contribution < -0.4 is 10.6 Å². The molecule has 220 valence electrons. The van der Waals surface area contributed by atoms with Crippen LogP contribution in [-0.2, 0) is 31.9 Å². The largest absolute Gasteiger partial charge is 0.378 e. The summed E-state index contributed by atoms with van der Waals surface area (Å²) in [5.74, 6) is 0. The zero-order valence-electron chi connectivity index (χ0n) is 24.2. The maximum Gasteiger partial charge on any atom is 0.0701 e. The molecule has 1 aliphatic heterocycles. The van der Waals surface area contributed by atoms with E-state index < -0.39 is 0 Å². The van der Waals surface area contributed by atoms with Crippen molar-refractivity contribution >= 4 is 48.9 Å². The molecule has 42 heavy (non-hydrogen) atoms. The quantitative estimate of drug-likeness (QED) is 0.238. The summed E-state index contributed by atoms with van der Waals surface area (Å²) in [5, 5.41) is 23.6. The molecule has 0 aromatic heterocycles. The Labute approximate surface area is 251 Å². The van der Waals surface area contributed by atoms with E-state index in [0.717, 1.165) is 46.5 Å². The number of hydrogen-bond donors (Lipinski definition) is 2. The smallest absolute Gasteiger partial charge is 0.0701 e. The van der Waals surface area contributed by atoms with E-state index in [1.807, 2.05) is 0 Å². The SMILES string of the molecule is CCc1c(P=N)cc2ccccc2c1-c1c(CN2CCOCCOCCOCCOCC2)c(P=N)cc2ccccc12. The molecule has 0 amide bonds. The highest BCUT2D eigenvalue weighted by atomic mass is 31.1. The topological polar surface area (TPSA) is 87.9 Å². The molecule has 0 spiro atoms. The Hall–Kier alpha value is -2.60. The van der Waals surface area contributed by atoms with Crippen LogP contribution in [0.1, 0.15) is 18.1 Å². The molecule has 1 fully saturated rings. The molecule has 2 N–H and O–H groups in total. The summed E-state index contributed by atoms with van der Waals surface area (Å²) in [6.45, 7) is 8.84. The van der Waals surface area contributed by atoms with E-state index in [1.54, 1.807) is 0 Å². The van der Waals surface area contributed by atoms with Crippen molar-refractivity contribution in [1.82, 2.24) is 4.90 Å². The normalized spacial score (nSPS) is 17.0. The third kappa shape index (κ3) is 7.30. The summed E-state index contributed by atoms with van der Waals surface area (Å²) >= 11 is 0. The molecule has 7 nitrogen and oxygen atoms in total. The summed E-state index contributed by atoms with van der Waals surface area (Å²) in [5.41, 5.74) is 4.75. The average molecular weight is 604 g/mol. The molecule has 1 heterocycles. The van der Waals surface area contributed by atoms with Crippen LogP contribution in [0.4, 0.5) is 0 Å². The lowest BCUT2D eigenvalue weighted by molar-refractivity contribution is 0.00206. The third-order valence-electron chi connectivity index (χ3n) is 7.71. The molecular formula is C33H39N3O4P2. The van der Waals surface area contributed by atoms with Crippen molar-refractivity contribution in [3.8, 4) is 11.1 Å². The van der Waals surface area contributed by atoms with Crippen LogP contribution in [0.15, 0.2) is 60.7 Å². The number of nitrogens with zero attached hydrogens (tertiary/aromatic N) is 1. The van der Waals surface area contributed by atoms with E-state index in [2.05, 4.69) is 72.5 Å². The minimum Gasteiger partial charge on any atom is -0.378 e. The van der Waals surface area contributed by atoms with E-state index in [-0.39, 0.29) is 0 Å². The molecular weight excluding hydrogens is 564 g/mol. The Morgan fingerprint density at radius 1 is 0.619 bits per heavy atom. The second-order valence-corrected chi connectivity index (χ2v) is 11.7. The first kappa shape index (κ1) is 30.8. The second-order valence-electron chi connectivity index (χ2n) is 10.2. The molecule has 0 aliphatic carbocycles. The molecule has 9 heteroatoms. The lowest BCUT2D eigenvalue weighted by atomic mass is 9.86. The summed E-state index contributed by atoms with van der Waals surface area (Å²) in [6, 6.07) is 21.4. The predicted octanol–water partition coefficient (Wildman–Crippen LogP) is 6.77. The van der Waals surface area contributed by atoms with Gasteiger partial charge in [0.1, 0.15) is 0 Å². The van der Waals surface area contributed by atoms with E-state index in [9.17, 15) is 0 Å². The first-order valence-corrected chi connectivity index (χ1v) is 16.4. The third-order valence-corrected chi connectivity index (χ3v) is 8.99. The van der Waals surface area contributed by atoms with E-state index >= 15 is 0 Å². The lowest BCUT2D eigenvalue weighted by Gasteiger charge is -2.27. The van der Waals surface area contributed by atoms with Gasteiger partial charge in [-0.3, -0.25) is 15.2 Å². The van der Waals surface area contributed by atoms with Gasteiger partial charge in [-0.05, 0) is 62.4 Å². The van der Waals surface area contributed by atoms with Crippen LogP contribution in [0.5, 0.6) is 0 Å². The van der Waals surface area contributed by atoms with Crippen LogP contribution in [0, 0.1) is 10.3 Å². The number of ether oxygens (including phenoxy) is 4. The molecule has 4 aromatic carbocycles. The van der Waals surface area contributed by atoms with Crippen LogP contribution >= 0.6 is 16.7 Å². The van der Waals surface area contributed by atoms with Crippen LogP contribution in [0.2, 0.25) is 0 Å². The van der Waals surface area contributed by atoms with Crippen LogP contribution in [0.3, 0.4) is 0 Å². The number of rotatable bonds is 6. The fourth-order valence-electron chi connectivity index (χ4n) is 5.68. The zero-order valence-corrected chi connectivity index (χ0v) is 26.0. The summed E-state index contributed by atoms with van der Waals surface area (Å²) < 4.78 is 23.1. The van der Waals surface area contributed by atoms with Crippen molar-refractivity contribution in [3.05, 3.63) is 71.8 Å². The van der Waals surface area contributed by atoms with Crippen LogP contribution in [0.25, 0.3) is 32.7 Å². The van der Waals surface area contributed by atoms with Gasteiger partial charge in [0.25, 0.3) is 0 Å². The summed E-state index contributed by atoms with van der Waals surface area (Å²) in [6.07, 6.45) is 0.827. The van der Waals surface area contributed by atoms with Gasteiger partial charge in [-0.1, -0.05) is 55.5 Å². The molecule has 0 unspecified atom stereocenters. The highest BCUT2D eigenvalue weighted by molar-refractivity contribution is 7.35. The fraction of sp³-hybridized carbons (Fsp3) is 0.394. The summed E-state index contributed by atoms with van der Waals surface area (Å²) in [7, 11) is 0.992. The monoisotopic (exact) mass is 603 g/mol. The van der Waals surface area contributed by atoms with Crippen LogP contribution in [-0.4, -0.2) is 70.8 Å². The molecule has 0 bridgehead atoms.